The van der Waals surface area contributed by atoms with Gasteiger partial charge < -0.3 is 9.88 Å². The molecule has 0 aliphatic carbocycles. The zero-order chi connectivity index (χ0) is 14.2. The summed E-state index contributed by atoms with van der Waals surface area (Å²) in [6, 6.07) is 2.13. The molecule has 0 aromatic carbocycles. The molecule has 4 heterocycles. The van der Waals surface area contributed by atoms with Crippen molar-refractivity contribution in [3.8, 4) is 0 Å². The van der Waals surface area contributed by atoms with Gasteiger partial charge in [-0.3, -0.25) is 0 Å². The Kier molecular flexibility index (Phi) is 3.11. The highest BCUT2D eigenvalue weighted by Gasteiger charge is 2.24. The van der Waals surface area contributed by atoms with Crippen molar-refractivity contribution in [3.05, 3.63) is 35.5 Å². The second-order valence-electron chi connectivity index (χ2n) is 5.47. The van der Waals surface area contributed by atoms with Crippen molar-refractivity contribution in [2.45, 2.75) is 25.7 Å². The van der Waals surface area contributed by atoms with Gasteiger partial charge >= 0.3 is 0 Å². The largest absolute Gasteiger partial charge is 0.356 e. The lowest BCUT2D eigenvalue weighted by Crippen LogP contribution is -2.34. The van der Waals surface area contributed by atoms with Crippen LogP contribution in [0.3, 0.4) is 0 Å². The van der Waals surface area contributed by atoms with Gasteiger partial charge in [-0.05, 0) is 31.2 Å². The molecule has 1 aliphatic heterocycles. The van der Waals surface area contributed by atoms with E-state index in [4.69, 9.17) is 0 Å². The van der Waals surface area contributed by atoms with E-state index in [0.717, 1.165) is 48.2 Å². The number of imidazole rings is 1. The van der Waals surface area contributed by atoms with Gasteiger partial charge in [-0.2, -0.15) is 0 Å². The van der Waals surface area contributed by atoms with Crippen LogP contribution in [0.2, 0.25) is 0 Å². The number of thiophene rings is 1. The number of piperidine rings is 1. The molecule has 0 radical (unpaired) electrons. The third-order valence-corrected chi connectivity index (χ3v) is 4.92. The van der Waals surface area contributed by atoms with Crippen molar-refractivity contribution < 1.29 is 0 Å². The Hall–Kier alpha value is -1.95. The fraction of sp³-hybridized carbons (Fsp3) is 0.400. The van der Waals surface area contributed by atoms with Crippen LogP contribution in [-0.2, 0) is 0 Å². The van der Waals surface area contributed by atoms with Crippen molar-refractivity contribution in [1.29, 1.82) is 0 Å². The van der Waals surface area contributed by atoms with Crippen LogP contribution in [0.1, 0.15) is 30.4 Å². The highest BCUT2D eigenvalue weighted by atomic mass is 32.1. The van der Waals surface area contributed by atoms with E-state index < -0.39 is 0 Å². The molecule has 6 heteroatoms. The van der Waals surface area contributed by atoms with Crippen LogP contribution in [-0.4, -0.2) is 33.0 Å². The summed E-state index contributed by atoms with van der Waals surface area (Å²) in [4.78, 5) is 20.3. The van der Waals surface area contributed by atoms with Gasteiger partial charge in [0.05, 0.1) is 5.39 Å². The molecule has 1 fully saturated rings. The molecule has 3 aromatic rings. The second kappa shape index (κ2) is 5.11. The number of anilines is 1. The smallest absolute Gasteiger partial charge is 0.141 e. The fourth-order valence-corrected chi connectivity index (χ4v) is 3.85. The number of fused-ring (bicyclic) bond motifs is 1. The van der Waals surface area contributed by atoms with Gasteiger partial charge in [-0.15, -0.1) is 11.3 Å². The number of hydrogen-bond donors (Lipinski definition) is 1. The Morgan fingerprint density at radius 2 is 2.14 bits per heavy atom. The SMILES string of the molecule is Cc1nc(N2CCC(c3ncc[nH]3)CC2)c2ccsc2n1. The summed E-state index contributed by atoms with van der Waals surface area (Å²) < 4.78 is 0. The summed E-state index contributed by atoms with van der Waals surface area (Å²) in [5, 5.41) is 3.28. The van der Waals surface area contributed by atoms with Crippen molar-refractivity contribution in [2.75, 3.05) is 18.0 Å². The summed E-state index contributed by atoms with van der Waals surface area (Å²) in [6.07, 6.45) is 5.97. The van der Waals surface area contributed by atoms with Crippen LogP contribution in [0.4, 0.5) is 5.82 Å². The Labute approximate surface area is 127 Å². The van der Waals surface area contributed by atoms with Crippen molar-refractivity contribution in [1.82, 2.24) is 19.9 Å². The molecule has 1 saturated heterocycles. The highest BCUT2D eigenvalue weighted by Crippen LogP contribution is 2.32. The van der Waals surface area contributed by atoms with E-state index in [2.05, 4.69) is 36.3 Å². The summed E-state index contributed by atoms with van der Waals surface area (Å²) >= 11 is 1.69. The van der Waals surface area contributed by atoms with Gasteiger partial charge in [0, 0.05) is 31.4 Å². The molecule has 4 rings (SSSR count). The molecule has 0 unspecified atom stereocenters. The van der Waals surface area contributed by atoms with E-state index in [9.17, 15) is 0 Å². The number of hydrogen-bond acceptors (Lipinski definition) is 5. The van der Waals surface area contributed by atoms with Gasteiger partial charge in [0.1, 0.15) is 22.3 Å². The number of nitrogens with zero attached hydrogens (tertiary/aromatic N) is 4. The number of H-pyrrole nitrogens is 1. The second-order valence-corrected chi connectivity index (χ2v) is 6.36. The molecule has 1 aliphatic rings. The number of nitrogens with one attached hydrogen (secondary N) is 1. The fourth-order valence-electron chi connectivity index (χ4n) is 3.05. The first-order chi connectivity index (χ1) is 10.3. The molecule has 0 bridgehead atoms. The van der Waals surface area contributed by atoms with Crippen LogP contribution >= 0.6 is 11.3 Å². The minimum Gasteiger partial charge on any atom is -0.356 e. The van der Waals surface area contributed by atoms with E-state index >= 15 is 0 Å². The first-order valence-electron chi connectivity index (χ1n) is 7.27. The van der Waals surface area contributed by atoms with Crippen molar-refractivity contribution in [3.63, 3.8) is 0 Å². The Balaban J connectivity index is 1.59. The highest BCUT2D eigenvalue weighted by molar-refractivity contribution is 7.16. The van der Waals surface area contributed by atoms with E-state index in [1.165, 1.54) is 5.39 Å². The predicted molar refractivity (Wildman–Crippen MR) is 84.9 cm³/mol. The Morgan fingerprint density at radius 1 is 1.29 bits per heavy atom. The summed E-state index contributed by atoms with van der Waals surface area (Å²) in [7, 11) is 0. The molecule has 0 saturated carbocycles. The number of rotatable bonds is 2. The molecule has 0 spiro atoms. The van der Waals surface area contributed by atoms with E-state index in [1.807, 2.05) is 19.3 Å². The molecule has 3 aromatic heterocycles. The predicted octanol–water partition coefficient (Wildman–Crippen LogP) is 3.11. The van der Waals surface area contributed by atoms with Gasteiger partial charge in [-0.25, -0.2) is 15.0 Å². The maximum atomic E-state index is 4.68. The third kappa shape index (κ3) is 2.29. The van der Waals surface area contributed by atoms with Crippen LogP contribution in [0.25, 0.3) is 10.2 Å². The minimum atomic E-state index is 0.539. The molecule has 0 amide bonds. The zero-order valence-electron chi connectivity index (χ0n) is 11.9. The third-order valence-electron chi connectivity index (χ3n) is 4.12. The lowest BCUT2D eigenvalue weighted by molar-refractivity contribution is 0.487. The summed E-state index contributed by atoms with van der Waals surface area (Å²) in [6.45, 7) is 4.01. The molecular formula is C15H17N5S. The van der Waals surface area contributed by atoms with Crippen molar-refractivity contribution in [2.24, 2.45) is 0 Å². The van der Waals surface area contributed by atoms with E-state index in [0.29, 0.717) is 5.92 Å². The molecule has 0 atom stereocenters. The molecule has 1 N–H and O–H groups in total. The van der Waals surface area contributed by atoms with Crippen LogP contribution < -0.4 is 4.90 Å². The van der Waals surface area contributed by atoms with Gasteiger partial charge in [0.25, 0.3) is 0 Å². The quantitative estimate of drug-likeness (QED) is 0.790. The molecule has 5 nitrogen and oxygen atoms in total. The van der Waals surface area contributed by atoms with Crippen LogP contribution in [0, 0.1) is 6.92 Å². The van der Waals surface area contributed by atoms with Crippen molar-refractivity contribution >= 4 is 27.4 Å². The number of aromatic amines is 1. The van der Waals surface area contributed by atoms with Crippen LogP contribution in [0.15, 0.2) is 23.8 Å². The van der Waals surface area contributed by atoms with E-state index in [-0.39, 0.29) is 0 Å². The minimum absolute atomic E-state index is 0.539. The Morgan fingerprint density at radius 3 is 2.90 bits per heavy atom. The topological polar surface area (TPSA) is 57.7 Å². The molecule has 108 valence electrons. The maximum absolute atomic E-state index is 4.68. The normalized spacial score (nSPS) is 16.7. The van der Waals surface area contributed by atoms with Crippen LogP contribution in [0.5, 0.6) is 0 Å². The average Bonchev–Trinajstić information content (AvgIpc) is 3.17. The molecular weight excluding hydrogens is 282 g/mol. The first kappa shape index (κ1) is 12.8. The average molecular weight is 299 g/mol. The molecule has 21 heavy (non-hydrogen) atoms. The standard InChI is InChI=1S/C15H17N5S/c1-10-18-14(12-4-9-21-15(12)19-10)20-7-2-11(3-8-20)13-16-5-6-17-13/h4-6,9,11H,2-3,7-8H2,1H3,(H,16,17). The lowest BCUT2D eigenvalue weighted by Gasteiger charge is -2.32. The zero-order valence-corrected chi connectivity index (χ0v) is 12.7. The van der Waals surface area contributed by atoms with Gasteiger partial charge in [0.2, 0.25) is 0 Å². The number of aryl methyl sites for hydroxylation is 1. The first-order valence-corrected chi connectivity index (χ1v) is 8.15. The Bertz CT molecular complexity index is 741. The monoisotopic (exact) mass is 299 g/mol. The van der Waals surface area contributed by atoms with E-state index in [1.54, 1.807) is 11.3 Å². The number of aromatic nitrogens is 4. The lowest BCUT2D eigenvalue weighted by atomic mass is 9.96. The van der Waals surface area contributed by atoms with Gasteiger partial charge in [-0.1, -0.05) is 0 Å². The summed E-state index contributed by atoms with van der Waals surface area (Å²) in [5.74, 6) is 3.61. The maximum Gasteiger partial charge on any atom is 0.141 e. The summed E-state index contributed by atoms with van der Waals surface area (Å²) in [5.41, 5.74) is 0. The van der Waals surface area contributed by atoms with Gasteiger partial charge in [0.15, 0.2) is 0 Å².